The third-order valence-corrected chi connectivity index (χ3v) is 8.15. The van der Waals surface area contributed by atoms with E-state index in [-0.39, 0.29) is 29.8 Å². The second kappa shape index (κ2) is 4.67. The maximum Gasteiger partial charge on any atom is 0.148 e. The third kappa shape index (κ3) is 1.46. The van der Waals surface area contributed by atoms with Crippen LogP contribution < -0.4 is 0 Å². The Morgan fingerprint density at radius 2 is 1.00 bits per heavy atom. The Morgan fingerprint density at radius 1 is 0.667 bits per heavy atom. The Bertz CT molecular complexity index is 960. The number of hydrogen-bond donors (Lipinski definition) is 0. The number of ketones is 2. The summed E-state index contributed by atoms with van der Waals surface area (Å²) in [5.41, 5.74) is 6.49. The van der Waals surface area contributed by atoms with Crippen LogP contribution in [0, 0.1) is 10.8 Å². The summed E-state index contributed by atoms with van der Waals surface area (Å²) in [6.45, 7) is 4.31. The van der Waals surface area contributed by atoms with E-state index in [0.29, 0.717) is 0 Å². The summed E-state index contributed by atoms with van der Waals surface area (Å²) >= 11 is 0. The summed E-state index contributed by atoms with van der Waals surface area (Å²) in [4.78, 5) is 27.2. The van der Waals surface area contributed by atoms with Crippen molar-refractivity contribution >= 4 is 11.6 Å². The van der Waals surface area contributed by atoms with Gasteiger partial charge in [0.25, 0.3) is 0 Å². The molecule has 2 nitrogen and oxygen atoms in total. The maximum atomic E-state index is 13.6. The molecule has 2 heteroatoms. The van der Waals surface area contributed by atoms with Crippen molar-refractivity contribution < 1.29 is 9.59 Å². The van der Waals surface area contributed by atoms with Gasteiger partial charge in [0, 0.05) is 11.8 Å². The van der Waals surface area contributed by atoms with Crippen LogP contribution in [0.2, 0.25) is 0 Å². The number of hydrogen-bond acceptors (Lipinski definition) is 2. The number of Topliss-reactive ketones (excluding diaryl/α,β-unsaturated/α-hetero) is 2. The van der Waals surface area contributed by atoms with Gasteiger partial charge in [-0.3, -0.25) is 9.59 Å². The van der Waals surface area contributed by atoms with Gasteiger partial charge >= 0.3 is 0 Å². The van der Waals surface area contributed by atoms with Crippen molar-refractivity contribution in [1.29, 1.82) is 0 Å². The van der Waals surface area contributed by atoms with Crippen LogP contribution >= 0.6 is 0 Å². The van der Waals surface area contributed by atoms with Crippen LogP contribution in [0.3, 0.4) is 0 Å². The Kier molecular flexibility index (Phi) is 2.69. The smallest absolute Gasteiger partial charge is 0.148 e. The molecule has 1 saturated carbocycles. The first-order valence-corrected chi connectivity index (χ1v) is 9.92. The average Bonchev–Trinajstić information content (AvgIpc) is 2.89. The molecule has 7 rings (SSSR count). The van der Waals surface area contributed by atoms with E-state index >= 15 is 0 Å². The molecular weight excluding hydrogens is 332 g/mol. The third-order valence-electron chi connectivity index (χ3n) is 8.15. The first kappa shape index (κ1) is 15.6. The number of allylic oxidation sites excluding steroid dienone is 2. The summed E-state index contributed by atoms with van der Waals surface area (Å²) in [6.07, 6.45) is 1.57. The van der Waals surface area contributed by atoms with E-state index < -0.39 is 10.8 Å². The molecule has 0 N–H and O–H groups in total. The molecule has 134 valence electrons. The first-order valence-electron chi connectivity index (χ1n) is 9.92. The Labute approximate surface area is 159 Å². The van der Waals surface area contributed by atoms with Gasteiger partial charge in [-0.2, -0.15) is 0 Å². The van der Waals surface area contributed by atoms with Crippen LogP contribution in [0.1, 0.15) is 67.2 Å². The van der Waals surface area contributed by atoms with E-state index in [4.69, 9.17) is 0 Å². The largest absolute Gasteiger partial charge is 0.299 e. The Hall–Kier alpha value is -2.48. The quantitative estimate of drug-likeness (QED) is 0.497. The molecule has 0 spiro atoms. The molecule has 2 unspecified atom stereocenters. The van der Waals surface area contributed by atoms with Gasteiger partial charge in [-0.1, -0.05) is 59.7 Å². The van der Waals surface area contributed by atoms with Crippen LogP contribution in [0.15, 0.2) is 59.7 Å². The molecular formula is C25H22O2. The van der Waals surface area contributed by atoms with Gasteiger partial charge in [0.15, 0.2) is 0 Å². The fourth-order valence-corrected chi connectivity index (χ4v) is 7.12. The maximum absolute atomic E-state index is 13.6. The minimum atomic E-state index is -0.596. The van der Waals surface area contributed by atoms with E-state index in [0.717, 1.165) is 12.8 Å². The molecule has 0 radical (unpaired) electrons. The molecule has 0 aromatic heterocycles. The van der Waals surface area contributed by atoms with Crippen LogP contribution in [0.4, 0.5) is 0 Å². The Balaban J connectivity index is 1.81. The molecule has 1 fully saturated rings. The normalized spacial score (nSPS) is 35.6. The van der Waals surface area contributed by atoms with Crippen molar-refractivity contribution in [1.82, 2.24) is 0 Å². The van der Waals surface area contributed by atoms with E-state index in [1.54, 1.807) is 0 Å². The van der Waals surface area contributed by atoms with Gasteiger partial charge in [-0.05, 0) is 48.9 Å². The molecule has 5 aliphatic carbocycles. The van der Waals surface area contributed by atoms with E-state index in [1.807, 2.05) is 0 Å². The SMILES string of the molecule is CC1=C(C)CC23C(=O)CC(=O)C2(C1)C1c2ccccc2C3c2ccccc21. The molecule has 2 bridgehead atoms. The molecule has 2 atom stereocenters. The standard InChI is InChI=1S/C25H22O2/c1-14-12-24-20(26)11-21(27)25(24,13-15(14)2)23-18-9-5-3-7-16(18)22(24)17-8-4-6-10-19(17)23/h3-10,22-23H,11-13H2,1-2H3. The second-order valence-corrected chi connectivity index (χ2v) is 9.00. The summed E-state index contributed by atoms with van der Waals surface area (Å²) < 4.78 is 0. The van der Waals surface area contributed by atoms with Gasteiger partial charge in [0.05, 0.1) is 17.3 Å². The lowest BCUT2D eigenvalue weighted by molar-refractivity contribution is -0.142. The predicted molar refractivity (Wildman–Crippen MR) is 104 cm³/mol. The zero-order valence-corrected chi connectivity index (χ0v) is 15.7. The summed E-state index contributed by atoms with van der Waals surface area (Å²) in [7, 11) is 0. The number of carbonyl (C=O) groups excluding carboxylic acids is 2. The second-order valence-electron chi connectivity index (χ2n) is 9.00. The van der Waals surface area contributed by atoms with Gasteiger partial charge in [0.2, 0.25) is 0 Å². The van der Waals surface area contributed by atoms with E-state index in [1.165, 1.54) is 33.4 Å². The van der Waals surface area contributed by atoms with Gasteiger partial charge in [-0.15, -0.1) is 0 Å². The van der Waals surface area contributed by atoms with Gasteiger partial charge in [-0.25, -0.2) is 0 Å². The molecule has 5 aliphatic rings. The number of carbonyl (C=O) groups is 2. The fourth-order valence-electron chi connectivity index (χ4n) is 7.12. The van der Waals surface area contributed by atoms with Crippen LogP contribution in [0.5, 0.6) is 0 Å². The van der Waals surface area contributed by atoms with Gasteiger partial charge in [0.1, 0.15) is 11.6 Å². The van der Waals surface area contributed by atoms with Crippen molar-refractivity contribution in [2.75, 3.05) is 0 Å². The summed E-state index contributed by atoms with van der Waals surface area (Å²) in [5.74, 6) is 0.352. The zero-order chi connectivity index (χ0) is 18.6. The monoisotopic (exact) mass is 354 g/mol. The van der Waals surface area contributed by atoms with Crippen LogP contribution in [-0.2, 0) is 9.59 Å². The minimum absolute atomic E-state index is 0.00287. The van der Waals surface area contributed by atoms with E-state index in [9.17, 15) is 9.59 Å². The summed E-state index contributed by atoms with van der Waals surface area (Å²) in [6, 6.07) is 17.1. The lowest BCUT2D eigenvalue weighted by Crippen LogP contribution is -2.60. The highest BCUT2D eigenvalue weighted by Crippen LogP contribution is 2.77. The molecule has 0 heterocycles. The number of benzene rings is 2. The van der Waals surface area contributed by atoms with Crippen molar-refractivity contribution in [2.45, 2.75) is 44.9 Å². The van der Waals surface area contributed by atoms with Crippen molar-refractivity contribution in [3.05, 3.63) is 81.9 Å². The van der Waals surface area contributed by atoms with Crippen molar-refractivity contribution in [2.24, 2.45) is 10.8 Å². The number of rotatable bonds is 0. The average molecular weight is 354 g/mol. The summed E-state index contributed by atoms with van der Waals surface area (Å²) in [5, 5.41) is 0. The predicted octanol–water partition coefficient (Wildman–Crippen LogP) is 4.92. The van der Waals surface area contributed by atoms with Crippen molar-refractivity contribution in [3.8, 4) is 0 Å². The van der Waals surface area contributed by atoms with Gasteiger partial charge < -0.3 is 0 Å². The Morgan fingerprint density at radius 3 is 1.33 bits per heavy atom. The first-order chi connectivity index (χ1) is 13.0. The highest BCUT2D eigenvalue weighted by atomic mass is 16.2. The molecule has 27 heavy (non-hydrogen) atoms. The highest BCUT2D eigenvalue weighted by Gasteiger charge is 2.76. The minimum Gasteiger partial charge on any atom is -0.299 e. The molecule has 0 aliphatic heterocycles. The lowest BCUT2D eigenvalue weighted by Gasteiger charge is -2.63. The molecule has 2 aromatic rings. The molecule has 0 amide bonds. The van der Waals surface area contributed by atoms with Crippen LogP contribution in [0.25, 0.3) is 0 Å². The van der Waals surface area contributed by atoms with E-state index in [2.05, 4.69) is 62.4 Å². The van der Waals surface area contributed by atoms with Crippen molar-refractivity contribution in [3.63, 3.8) is 0 Å². The molecule has 0 saturated heterocycles. The zero-order valence-electron chi connectivity index (χ0n) is 15.7. The lowest BCUT2D eigenvalue weighted by atomic mass is 9.37. The highest BCUT2D eigenvalue weighted by molar-refractivity contribution is 6.16. The topological polar surface area (TPSA) is 34.1 Å². The van der Waals surface area contributed by atoms with Crippen LogP contribution in [-0.4, -0.2) is 11.6 Å². The molecule has 2 aromatic carbocycles. The fraction of sp³-hybridized carbons (Fsp3) is 0.360.